The van der Waals surface area contributed by atoms with Crippen molar-refractivity contribution in [3.8, 4) is 0 Å². The van der Waals surface area contributed by atoms with Crippen molar-refractivity contribution >= 4 is 23.3 Å². The number of urea groups is 1. The van der Waals surface area contributed by atoms with E-state index in [1.165, 1.54) is 11.1 Å². The van der Waals surface area contributed by atoms with Crippen LogP contribution in [0.1, 0.15) is 24.0 Å². The number of hydrogen-bond acceptors (Lipinski definition) is 2. The highest BCUT2D eigenvalue weighted by atomic mass is 35.5. The summed E-state index contributed by atoms with van der Waals surface area (Å²) < 4.78 is 0. The molecule has 0 radical (unpaired) electrons. The number of likely N-dealkylation sites (tertiary alicyclic amines) is 1. The smallest absolute Gasteiger partial charge is 0.319 e. The molecule has 0 aromatic heterocycles. The van der Waals surface area contributed by atoms with E-state index in [1.807, 2.05) is 12.1 Å². The summed E-state index contributed by atoms with van der Waals surface area (Å²) in [5.41, 5.74) is 3.33. The fraction of sp³-hybridized carbons (Fsp3) is 0.381. The molecule has 1 saturated heterocycles. The molecule has 1 heterocycles. The van der Waals surface area contributed by atoms with Gasteiger partial charge in [0.2, 0.25) is 0 Å². The van der Waals surface area contributed by atoms with E-state index in [-0.39, 0.29) is 6.03 Å². The number of amides is 2. The molecule has 0 aliphatic carbocycles. The number of nitrogens with one attached hydrogen (secondary N) is 2. The summed E-state index contributed by atoms with van der Waals surface area (Å²) in [6.07, 6.45) is 2.22. The zero-order valence-electron chi connectivity index (χ0n) is 15.2. The number of carbonyl (C=O) groups is 1. The van der Waals surface area contributed by atoms with E-state index in [0.29, 0.717) is 23.2 Å². The van der Waals surface area contributed by atoms with Gasteiger partial charge in [0.05, 0.1) is 10.7 Å². The Bertz CT molecular complexity index is 742. The zero-order chi connectivity index (χ0) is 18.4. The lowest BCUT2D eigenvalue weighted by Gasteiger charge is -2.32. The maximum Gasteiger partial charge on any atom is 0.319 e. The first-order valence-electron chi connectivity index (χ1n) is 9.17. The lowest BCUT2D eigenvalue weighted by molar-refractivity contribution is 0.175. The number of nitrogens with zero attached hydrogens (tertiary/aromatic N) is 1. The maximum atomic E-state index is 12.1. The van der Waals surface area contributed by atoms with Crippen molar-refractivity contribution < 1.29 is 4.79 Å². The third kappa shape index (κ3) is 5.48. The summed E-state index contributed by atoms with van der Waals surface area (Å²) >= 11 is 6.06. The van der Waals surface area contributed by atoms with Gasteiger partial charge in [0.15, 0.2) is 0 Å². The van der Waals surface area contributed by atoms with Crippen LogP contribution in [0.2, 0.25) is 5.02 Å². The van der Waals surface area contributed by atoms with Gasteiger partial charge >= 0.3 is 6.03 Å². The van der Waals surface area contributed by atoms with Crippen molar-refractivity contribution in [3.05, 3.63) is 64.7 Å². The Morgan fingerprint density at radius 2 is 1.92 bits per heavy atom. The molecule has 26 heavy (non-hydrogen) atoms. The van der Waals surface area contributed by atoms with Crippen LogP contribution < -0.4 is 10.6 Å². The molecule has 2 N–H and O–H groups in total. The number of carbonyl (C=O) groups excluding carboxylic acids is 1. The minimum Gasteiger partial charge on any atom is -0.338 e. The monoisotopic (exact) mass is 371 g/mol. The molecule has 1 fully saturated rings. The third-order valence-electron chi connectivity index (χ3n) is 4.87. The number of rotatable bonds is 5. The van der Waals surface area contributed by atoms with Crippen LogP contribution in [-0.4, -0.2) is 30.6 Å². The number of hydrogen-bond donors (Lipinski definition) is 2. The molecule has 0 bridgehead atoms. The van der Waals surface area contributed by atoms with Crippen LogP contribution in [0.25, 0.3) is 0 Å². The number of anilines is 1. The topological polar surface area (TPSA) is 44.4 Å². The molecular weight excluding hydrogens is 346 g/mol. The predicted molar refractivity (Wildman–Crippen MR) is 108 cm³/mol. The van der Waals surface area contributed by atoms with Crippen molar-refractivity contribution in [3.63, 3.8) is 0 Å². The van der Waals surface area contributed by atoms with Crippen LogP contribution in [0, 0.1) is 12.8 Å². The molecule has 0 spiro atoms. The van der Waals surface area contributed by atoms with E-state index >= 15 is 0 Å². The third-order valence-corrected chi connectivity index (χ3v) is 5.20. The number of para-hydroxylation sites is 1. The first-order valence-corrected chi connectivity index (χ1v) is 9.55. The van der Waals surface area contributed by atoms with Crippen molar-refractivity contribution in [1.29, 1.82) is 0 Å². The number of piperidine rings is 1. The van der Waals surface area contributed by atoms with Gasteiger partial charge in [-0.1, -0.05) is 53.6 Å². The minimum atomic E-state index is -0.194. The molecule has 1 aliphatic rings. The summed E-state index contributed by atoms with van der Waals surface area (Å²) in [5, 5.41) is 6.33. The molecule has 5 heteroatoms. The summed E-state index contributed by atoms with van der Waals surface area (Å²) in [5.74, 6) is 0.528. The quantitative estimate of drug-likeness (QED) is 0.801. The highest BCUT2D eigenvalue weighted by Gasteiger charge is 2.20. The number of halogens is 1. The van der Waals surface area contributed by atoms with E-state index in [1.54, 1.807) is 12.1 Å². The fourth-order valence-corrected chi connectivity index (χ4v) is 3.57. The average Bonchev–Trinajstić information content (AvgIpc) is 2.63. The Hall–Kier alpha value is -2.04. The van der Waals surface area contributed by atoms with Crippen molar-refractivity contribution in [2.24, 2.45) is 5.92 Å². The molecule has 4 nitrogen and oxygen atoms in total. The van der Waals surface area contributed by atoms with Crippen LogP contribution in [0.4, 0.5) is 10.5 Å². The molecule has 1 aliphatic heterocycles. The Morgan fingerprint density at radius 1 is 1.15 bits per heavy atom. The van der Waals surface area contributed by atoms with Crippen LogP contribution >= 0.6 is 11.6 Å². The SMILES string of the molecule is Cc1cccc(CN2CCC(CNC(=O)Nc3ccccc3Cl)CC2)c1. The Labute approximate surface area is 160 Å². The number of aryl methyl sites for hydroxylation is 1. The van der Waals surface area contributed by atoms with Crippen LogP contribution in [0.3, 0.4) is 0 Å². The summed E-state index contributed by atoms with van der Waals surface area (Å²) in [4.78, 5) is 14.5. The Morgan fingerprint density at radius 3 is 2.65 bits per heavy atom. The fourth-order valence-electron chi connectivity index (χ4n) is 3.38. The van der Waals surface area contributed by atoms with Gasteiger partial charge in [-0.3, -0.25) is 4.90 Å². The maximum absolute atomic E-state index is 12.1. The Balaban J connectivity index is 1.39. The van der Waals surface area contributed by atoms with E-state index in [9.17, 15) is 4.79 Å². The molecule has 3 rings (SSSR count). The van der Waals surface area contributed by atoms with Gasteiger partial charge in [-0.25, -0.2) is 4.79 Å². The van der Waals surface area contributed by atoms with Gasteiger partial charge in [-0.15, -0.1) is 0 Å². The standard InChI is InChI=1S/C21H26ClN3O/c1-16-5-4-6-18(13-16)15-25-11-9-17(10-12-25)14-23-21(26)24-20-8-3-2-7-19(20)22/h2-8,13,17H,9-12,14-15H2,1H3,(H2,23,24,26). The summed E-state index contributed by atoms with van der Waals surface area (Å²) in [6, 6.07) is 15.8. The van der Waals surface area contributed by atoms with Gasteiger partial charge in [0.1, 0.15) is 0 Å². The van der Waals surface area contributed by atoms with Gasteiger partial charge in [0.25, 0.3) is 0 Å². The second-order valence-corrected chi connectivity index (χ2v) is 7.43. The largest absolute Gasteiger partial charge is 0.338 e. The summed E-state index contributed by atoms with van der Waals surface area (Å²) in [6.45, 7) is 6.00. The first kappa shape index (κ1) is 18.7. The normalized spacial score (nSPS) is 15.6. The zero-order valence-corrected chi connectivity index (χ0v) is 15.9. The van der Waals surface area contributed by atoms with Crippen LogP contribution in [-0.2, 0) is 6.54 Å². The van der Waals surface area contributed by atoms with Gasteiger partial charge < -0.3 is 10.6 Å². The van der Waals surface area contributed by atoms with E-state index < -0.39 is 0 Å². The van der Waals surface area contributed by atoms with Crippen LogP contribution in [0.15, 0.2) is 48.5 Å². The van der Waals surface area contributed by atoms with Crippen molar-refractivity contribution in [2.45, 2.75) is 26.3 Å². The number of benzene rings is 2. The highest BCUT2D eigenvalue weighted by Crippen LogP contribution is 2.21. The molecule has 2 aromatic carbocycles. The van der Waals surface area contributed by atoms with Crippen molar-refractivity contribution in [1.82, 2.24) is 10.2 Å². The molecule has 138 valence electrons. The van der Waals surface area contributed by atoms with Gasteiger partial charge in [0, 0.05) is 13.1 Å². The minimum absolute atomic E-state index is 0.194. The van der Waals surface area contributed by atoms with E-state index in [4.69, 9.17) is 11.6 Å². The molecule has 0 unspecified atom stereocenters. The highest BCUT2D eigenvalue weighted by molar-refractivity contribution is 6.33. The second-order valence-electron chi connectivity index (χ2n) is 7.02. The first-order chi connectivity index (χ1) is 12.6. The van der Waals surface area contributed by atoms with Gasteiger partial charge in [-0.2, -0.15) is 0 Å². The molecule has 0 saturated carbocycles. The molecule has 2 aromatic rings. The van der Waals surface area contributed by atoms with Gasteiger partial charge in [-0.05, 0) is 56.5 Å². The predicted octanol–water partition coefficient (Wildman–Crippen LogP) is 4.68. The lowest BCUT2D eigenvalue weighted by Crippen LogP contribution is -2.39. The molecular formula is C21H26ClN3O. The van der Waals surface area contributed by atoms with Crippen LogP contribution in [0.5, 0.6) is 0 Å². The second kappa shape index (κ2) is 9.06. The van der Waals surface area contributed by atoms with Crippen molar-refractivity contribution in [2.75, 3.05) is 25.0 Å². The average molecular weight is 372 g/mol. The summed E-state index contributed by atoms with van der Waals surface area (Å²) in [7, 11) is 0. The van der Waals surface area contributed by atoms with E-state index in [2.05, 4.69) is 46.7 Å². The molecule has 0 atom stereocenters. The lowest BCUT2D eigenvalue weighted by atomic mass is 9.96. The molecule has 2 amide bonds. The van der Waals surface area contributed by atoms with E-state index in [0.717, 1.165) is 32.5 Å². The Kier molecular flexibility index (Phi) is 6.53.